The number of hydrogen-bond acceptors (Lipinski definition) is 4. The fourth-order valence-electron chi connectivity index (χ4n) is 1.52. The summed E-state index contributed by atoms with van der Waals surface area (Å²) < 4.78 is 4.54. The van der Waals surface area contributed by atoms with E-state index in [1.165, 1.54) is 12.8 Å². The highest BCUT2D eigenvalue weighted by Crippen LogP contribution is 2.35. The van der Waals surface area contributed by atoms with Crippen LogP contribution >= 0.6 is 0 Å². The summed E-state index contributed by atoms with van der Waals surface area (Å²) in [5, 5.41) is 12.9. The molecule has 1 aliphatic carbocycles. The Morgan fingerprint density at radius 1 is 1.33 bits per heavy atom. The molecule has 7 heteroatoms. The molecule has 1 atom stereocenters. The van der Waals surface area contributed by atoms with Crippen molar-refractivity contribution in [3.8, 4) is 0 Å². The minimum Gasteiger partial charge on any atom is -0.480 e. The topological polar surface area (TPSA) is 105 Å². The van der Waals surface area contributed by atoms with Crippen molar-refractivity contribution < 1.29 is 24.2 Å². The predicted molar refractivity (Wildman–Crippen MR) is 61.9 cm³/mol. The molecule has 0 aromatic heterocycles. The van der Waals surface area contributed by atoms with E-state index in [1.54, 1.807) is 0 Å². The Bertz CT molecular complexity index is 327. The lowest BCUT2D eigenvalue weighted by Crippen LogP contribution is -2.42. The Kier molecular flexibility index (Phi) is 5.57. The van der Waals surface area contributed by atoms with Crippen molar-refractivity contribution >= 4 is 17.9 Å². The number of carboxylic acid groups (broad SMARTS) is 1. The molecule has 7 nitrogen and oxygen atoms in total. The number of imide groups is 1. The number of nitrogens with one attached hydrogen (secondary N) is 2. The smallest absolute Gasteiger partial charge is 0.329 e. The first-order chi connectivity index (χ1) is 8.49. The summed E-state index contributed by atoms with van der Waals surface area (Å²) in [6.45, 7) is 1.57. The van der Waals surface area contributed by atoms with Gasteiger partial charge in [-0.2, -0.15) is 0 Å². The molecule has 1 rings (SSSR count). The van der Waals surface area contributed by atoms with Crippen LogP contribution in [0.5, 0.6) is 0 Å². The highest BCUT2D eigenvalue weighted by atomic mass is 16.5. The van der Waals surface area contributed by atoms with Crippen molar-refractivity contribution in [3.63, 3.8) is 0 Å². The van der Waals surface area contributed by atoms with Gasteiger partial charge < -0.3 is 15.2 Å². The second-order valence-corrected chi connectivity index (χ2v) is 4.46. The molecule has 0 radical (unpaired) electrons. The molecule has 1 saturated carbocycles. The summed E-state index contributed by atoms with van der Waals surface area (Å²) in [5.74, 6) is -0.729. The lowest BCUT2D eigenvalue weighted by atomic mass is 10.1. The molecule has 0 saturated heterocycles. The van der Waals surface area contributed by atoms with Gasteiger partial charge in [0.15, 0.2) is 0 Å². The van der Waals surface area contributed by atoms with E-state index in [2.05, 4.69) is 22.3 Å². The Balaban J connectivity index is 2.06. The first kappa shape index (κ1) is 14.4. The highest BCUT2D eigenvalue weighted by Gasteiger charge is 2.27. The van der Waals surface area contributed by atoms with Gasteiger partial charge in [-0.25, -0.2) is 9.59 Å². The zero-order valence-corrected chi connectivity index (χ0v) is 10.3. The first-order valence-electron chi connectivity index (χ1n) is 5.86. The number of urea groups is 1. The van der Waals surface area contributed by atoms with E-state index in [-0.39, 0.29) is 0 Å². The van der Waals surface area contributed by atoms with E-state index in [4.69, 9.17) is 5.11 Å². The Morgan fingerprint density at radius 3 is 2.56 bits per heavy atom. The summed E-state index contributed by atoms with van der Waals surface area (Å²) in [6, 6.07) is -0.577. The quantitative estimate of drug-likeness (QED) is 0.594. The fourth-order valence-corrected chi connectivity index (χ4v) is 1.52. The van der Waals surface area contributed by atoms with Gasteiger partial charge in [-0.15, -0.1) is 0 Å². The van der Waals surface area contributed by atoms with E-state index in [0.29, 0.717) is 18.4 Å². The largest absolute Gasteiger partial charge is 0.480 e. The van der Waals surface area contributed by atoms with Crippen LogP contribution in [0, 0.1) is 11.8 Å². The maximum atomic E-state index is 11.3. The number of carbonyl (C=O) groups excluding carboxylic acids is 2. The van der Waals surface area contributed by atoms with Gasteiger partial charge in [0, 0.05) is 6.54 Å². The molecule has 0 heterocycles. The van der Waals surface area contributed by atoms with Crippen LogP contribution in [0.15, 0.2) is 0 Å². The van der Waals surface area contributed by atoms with Gasteiger partial charge in [-0.3, -0.25) is 10.1 Å². The van der Waals surface area contributed by atoms with E-state index >= 15 is 0 Å². The standard InChI is InChI=1S/C11H18N2O5/c1-7(8-2-3-8)4-12-11(17)13-9(14)5-18-6-10(15)16/h7-8H,2-6H2,1H3,(H,15,16)(H2,12,13,14,17). The second kappa shape index (κ2) is 6.95. The number of carboxylic acids is 1. The van der Waals surface area contributed by atoms with E-state index in [0.717, 1.165) is 0 Å². The van der Waals surface area contributed by atoms with Crippen LogP contribution in [0.4, 0.5) is 4.79 Å². The van der Waals surface area contributed by atoms with E-state index < -0.39 is 31.1 Å². The van der Waals surface area contributed by atoms with Crippen molar-refractivity contribution in [2.45, 2.75) is 19.8 Å². The zero-order valence-electron chi connectivity index (χ0n) is 10.3. The Morgan fingerprint density at radius 2 is 2.00 bits per heavy atom. The van der Waals surface area contributed by atoms with Crippen LogP contribution < -0.4 is 10.6 Å². The third-order valence-electron chi connectivity index (χ3n) is 2.72. The first-order valence-corrected chi connectivity index (χ1v) is 5.86. The van der Waals surface area contributed by atoms with Crippen molar-refractivity contribution in [1.82, 2.24) is 10.6 Å². The summed E-state index contributed by atoms with van der Waals surface area (Å²) in [6.07, 6.45) is 2.40. The van der Waals surface area contributed by atoms with Crippen LogP contribution in [0.1, 0.15) is 19.8 Å². The van der Waals surface area contributed by atoms with Gasteiger partial charge >= 0.3 is 12.0 Å². The lowest BCUT2D eigenvalue weighted by molar-refractivity contribution is -0.143. The molecule has 0 spiro atoms. The number of hydrogen-bond donors (Lipinski definition) is 3. The van der Waals surface area contributed by atoms with Gasteiger partial charge in [0.2, 0.25) is 0 Å². The SMILES string of the molecule is CC(CNC(=O)NC(=O)COCC(=O)O)C1CC1. The van der Waals surface area contributed by atoms with Gasteiger partial charge in [-0.05, 0) is 24.7 Å². The lowest BCUT2D eigenvalue weighted by Gasteiger charge is -2.11. The molecule has 1 aliphatic rings. The van der Waals surface area contributed by atoms with Crippen molar-refractivity contribution in [2.75, 3.05) is 19.8 Å². The monoisotopic (exact) mass is 258 g/mol. The molecule has 0 aromatic rings. The van der Waals surface area contributed by atoms with Crippen LogP contribution in [-0.4, -0.2) is 42.8 Å². The van der Waals surface area contributed by atoms with Crippen molar-refractivity contribution in [1.29, 1.82) is 0 Å². The van der Waals surface area contributed by atoms with Gasteiger partial charge in [0.1, 0.15) is 13.2 Å². The third-order valence-corrected chi connectivity index (χ3v) is 2.72. The van der Waals surface area contributed by atoms with E-state index in [9.17, 15) is 14.4 Å². The summed E-state index contributed by atoms with van der Waals surface area (Å²) in [7, 11) is 0. The number of rotatable bonds is 7. The normalized spacial score (nSPS) is 15.8. The molecule has 0 aliphatic heterocycles. The average Bonchev–Trinajstić information content (AvgIpc) is 3.09. The summed E-state index contributed by atoms with van der Waals surface area (Å²) >= 11 is 0. The van der Waals surface area contributed by atoms with Crippen LogP contribution in [0.25, 0.3) is 0 Å². The zero-order chi connectivity index (χ0) is 13.5. The van der Waals surface area contributed by atoms with Gasteiger partial charge in [0.25, 0.3) is 5.91 Å². The van der Waals surface area contributed by atoms with Crippen LogP contribution in [0.2, 0.25) is 0 Å². The maximum absolute atomic E-state index is 11.3. The van der Waals surface area contributed by atoms with Crippen molar-refractivity contribution in [3.05, 3.63) is 0 Å². The summed E-state index contributed by atoms with van der Waals surface area (Å²) in [4.78, 5) is 32.5. The van der Waals surface area contributed by atoms with Gasteiger partial charge in [-0.1, -0.05) is 6.92 Å². The highest BCUT2D eigenvalue weighted by molar-refractivity contribution is 5.94. The van der Waals surface area contributed by atoms with Gasteiger partial charge in [0.05, 0.1) is 0 Å². The number of ether oxygens (including phenoxy) is 1. The molecular formula is C11H18N2O5. The molecule has 102 valence electrons. The minimum atomic E-state index is -1.16. The van der Waals surface area contributed by atoms with Crippen LogP contribution in [-0.2, 0) is 14.3 Å². The van der Waals surface area contributed by atoms with E-state index in [1.807, 2.05) is 0 Å². The minimum absolute atomic E-state index is 0.411. The van der Waals surface area contributed by atoms with Crippen molar-refractivity contribution in [2.24, 2.45) is 11.8 Å². The summed E-state index contributed by atoms with van der Waals surface area (Å²) in [5.41, 5.74) is 0. The molecule has 1 fully saturated rings. The Labute approximate surface area is 105 Å². The fraction of sp³-hybridized carbons (Fsp3) is 0.727. The predicted octanol–water partition coefficient (Wildman–Crippen LogP) is -0.0405. The second-order valence-electron chi connectivity index (χ2n) is 4.46. The molecule has 18 heavy (non-hydrogen) atoms. The molecular weight excluding hydrogens is 240 g/mol. The molecule has 1 unspecified atom stereocenters. The molecule has 3 N–H and O–H groups in total. The molecule has 3 amide bonds. The number of amides is 3. The Hall–Kier alpha value is -1.63. The van der Waals surface area contributed by atoms with Crippen LogP contribution in [0.3, 0.4) is 0 Å². The third kappa shape index (κ3) is 6.19. The maximum Gasteiger partial charge on any atom is 0.329 e. The number of carbonyl (C=O) groups is 3. The molecule has 0 bridgehead atoms. The average molecular weight is 258 g/mol. The molecule has 0 aromatic carbocycles. The number of aliphatic carboxylic acids is 1.